The van der Waals surface area contributed by atoms with Crippen molar-refractivity contribution in [1.29, 1.82) is 0 Å². The van der Waals surface area contributed by atoms with E-state index in [2.05, 4.69) is 31.1 Å². The second-order valence-electron chi connectivity index (χ2n) is 4.14. The summed E-state index contributed by atoms with van der Waals surface area (Å²) in [6.07, 6.45) is 2.59. The summed E-state index contributed by atoms with van der Waals surface area (Å²) in [7, 11) is 0. The molecule has 2 N–H and O–H groups in total. The average molecular weight is 222 g/mol. The maximum absolute atomic E-state index is 10.6. The summed E-state index contributed by atoms with van der Waals surface area (Å²) < 4.78 is 0. The monoisotopic (exact) mass is 222 g/mol. The first-order valence-corrected chi connectivity index (χ1v) is 5.50. The Balaban J connectivity index is 2.71. The van der Waals surface area contributed by atoms with E-state index >= 15 is 0 Å². The molecule has 0 fully saturated rings. The van der Waals surface area contributed by atoms with Gasteiger partial charge in [-0.3, -0.25) is 0 Å². The lowest BCUT2D eigenvalue weighted by atomic mass is 10.0. The number of carbonyl (C=O) groups is 1. The van der Waals surface area contributed by atoms with E-state index in [-0.39, 0.29) is 5.69 Å². The van der Waals surface area contributed by atoms with E-state index in [1.54, 1.807) is 12.3 Å². The summed E-state index contributed by atoms with van der Waals surface area (Å²) in [4.78, 5) is 14.5. The topological polar surface area (TPSA) is 62.2 Å². The molecule has 0 radical (unpaired) electrons. The minimum absolute atomic E-state index is 0.0724. The number of aromatic carboxylic acids is 1. The molecule has 1 rings (SSSR count). The standard InChI is InChI=1S/C12H18N2O2/c1-4-10(8(2)3)14-9-5-6-11(12(15)16)13-7-9/h5-8,10,14H,4H2,1-3H3,(H,15,16). The highest BCUT2D eigenvalue weighted by Crippen LogP contribution is 2.14. The first kappa shape index (κ1) is 12.5. The van der Waals surface area contributed by atoms with Gasteiger partial charge in [0.15, 0.2) is 0 Å². The number of anilines is 1. The third-order valence-electron chi connectivity index (χ3n) is 2.58. The third kappa shape index (κ3) is 3.22. The average Bonchev–Trinajstić information content (AvgIpc) is 2.26. The zero-order chi connectivity index (χ0) is 12.1. The number of aromatic nitrogens is 1. The van der Waals surface area contributed by atoms with Crippen molar-refractivity contribution in [3.05, 3.63) is 24.0 Å². The number of pyridine rings is 1. The molecule has 1 aromatic rings. The van der Waals surface area contributed by atoms with E-state index in [0.717, 1.165) is 12.1 Å². The van der Waals surface area contributed by atoms with E-state index in [1.165, 1.54) is 6.07 Å². The van der Waals surface area contributed by atoms with Crippen LogP contribution in [0.3, 0.4) is 0 Å². The number of carboxylic acids is 1. The molecule has 0 amide bonds. The molecule has 1 heterocycles. The SMILES string of the molecule is CCC(Nc1ccc(C(=O)O)nc1)C(C)C. The first-order chi connectivity index (χ1) is 7.54. The normalized spacial score (nSPS) is 12.5. The first-order valence-electron chi connectivity index (χ1n) is 5.50. The second-order valence-corrected chi connectivity index (χ2v) is 4.14. The van der Waals surface area contributed by atoms with Gasteiger partial charge in [0.05, 0.1) is 11.9 Å². The Morgan fingerprint density at radius 1 is 1.50 bits per heavy atom. The molecule has 0 aliphatic heterocycles. The third-order valence-corrected chi connectivity index (χ3v) is 2.58. The molecular formula is C12H18N2O2. The summed E-state index contributed by atoms with van der Waals surface area (Å²) in [5.74, 6) is -0.466. The van der Waals surface area contributed by atoms with Crippen LogP contribution in [0.15, 0.2) is 18.3 Å². The number of hydrogen-bond donors (Lipinski definition) is 2. The molecule has 88 valence electrons. The van der Waals surface area contributed by atoms with E-state index < -0.39 is 5.97 Å². The summed E-state index contributed by atoms with van der Waals surface area (Å²) in [6, 6.07) is 3.65. The molecule has 16 heavy (non-hydrogen) atoms. The number of hydrogen-bond acceptors (Lipinski definition) is 3. The van der Waals surface area contributed by atoms with Gasteiger partial charge in [0, 0.05) is 6.04 Å². The van der Waals surface area contributed by atoms with Gasteiger partial charge in [-0.05, 0) is 24.5 Å². The number of rotatable bonds is 5. The molecule has 0 bridgehead atoms. The van der Waals surface area contributed by atoms with Crippen molar-refractivity contribution < 1.29 is 9.90 Å². The molecule has 1 unspecified atom stereocenters. The van der Waals surface area contributed by atoms with Crippen molar-refractivity contribution in [2.45, 2.75) is 33.2 Å². The number of nitrogens with zero attached hydrogens (tertiary/aromatic N) is 1. The molecule has 0 spiro atoms. The van der Waals surface area contributed by atoms with Gasteiger partial charge in [-0.25, -0.2) is 9.78 Å². The number of carboxylic acid groups (broad SMARTS) is 1. The van der Waals surface area contributed by atoms with Gasteiger partial charge in [-0.1, -0.05) is 20.8 Å². The van der Waals surface area contributed by atoms with Gasteiger partial charge >= 0.3 is 5.97 Å². The fourth-order valence-electron chi connectivity index (χ4n) is 1.56. The van der Waals surface area contributed by atoms with Crippen LogP contribution >= 0.6 is 0 Å². The fourth-order valence-corrected chi connectivity index (χ4v) is 1.56. The smallest absolute Gasteiger partial charge is 0.354 e. The molecule has 0 aliphatic rings. The zero-order valence-electron chi connectivity index (χ0n) is 9.90. The Morgan fingerprint density at radius 2 is 2.19 bits per heavy atom. The van der Waals surface area contributed by atoms with Crippen LogP contribution in [0.25, 0.3) is 0 Å². The summed E-state index contributed by atoms with van der Waals surface area (Å²) in [5, 5.41) is 12.0. The lowest BCUT2D eigenvalue weighted by molar-refractivity contribution is 0.0690. The Labute approximate surface area is 95.7 Å². The van der Waals surface area contributed by atoms with E-state index in [1.807, 2.05) is 0 Å². The predicted molar refractivity (Wildman–Crippen MR) is 63.7 cm³/mol. The van der Waals surface area contributed by atoms with Crippen LogP contribution in [0, 0.1) is 5.92 Å². The minimum atomic E-state index is -0.998. The molecular weight excluding hydrogens is 204 g/mol. The van der Waals surface area contributed by atoms with E-state index in [0.29, 0.717) is 12.0 Å². The molecule has 0 aromatic carbocycles. The van der Waals surface area contributed by atoms with E-state index in [9.17, 15) is 4.79 Å². The Bertz CT molecular complexity index is 347. The highest BCUT2D eigenvalue weighted by molar-refractivity contribution is 5.85. The van der Waals surface area contributed by atoms with Crippen LogP contribution in [0.4, 0.5) is 5.69 Å². The van der Waals surface area contributed by atoms with Gasteiger partial charge in [-0.15, -0.1) is 0 Å². The van der Waals surface area contributed by atoms with Gasteiger partial charge in [-0.2, -0.15) is 0 Å². The predicted octanol–water partition coefficient (Wildman–Crippen LogP) is 2.63. The largest absolute Gasteiger partial charge is 0.477 e. The van der Waals surface area contributed by atoms with Crippen LogP contribution in [0.2, 0.25) is 0 Å². The number of nitrogens with one attached hydrogen (secondary N) is 1. The fraction of sp³-hybridized carbons (Fsp3) is 0.500. The maximum atomic E-state index is 10.6. The summed E-state index contributed by atoms with van der Waals surface area (Å²) in [6.45, 7) is 6.43. The van der Waals surface area contributed by atoms with Gasteiger partial charge in [0.25, 0.3) is 0 Å². The molecule has 0 saturated heterocycles. The summed E-state index contributed by atoms with van der Waals surface area (Å²) >= 11 is 0. The lowest BCUT2D eigenvalue weighted by Crippen LogP contribution is -2.24. The van der Waals surface area contributed by atoms with Crippen LogP contribution in [-0.4, -0.2) is 22.1 Å². The van der Waals surface area contributed by atoms with Crippen molar-refractivity contribution in [2.75, 3.05) is 5.32 Å². The Kier molecular flexibility index (Phi) is 4.28. The molecule has 1 atom stereocenters. The maximum Gasteiger partial charge on any atom is 0.354 e. The van der Waals surface area contributed by atoms with Gasteiger partial charge in [0.2, 0.25) is 0 Å². The Hall–Kier alpha value is -1.58. The molecule has 0 aliphatic carbocycles. The van der Waals surface area contributed by atoms with Crippen LogP contribution < -0.4 is 5.32 Å². The second kappa shape index (κ2) is 5.49. The van der Waals surface area contributed by atoms with Crippen molar-refractivity contribution >= 4 is 11.7 Å². The quantitative estimate of drug-likeness (QED) is 0.804. The van der Waals surface area contributed by atoms with Crippen molar-refractivity contribution in [3.63, 3.8) is 0 Å². The molecule has 1 aromatic heterocycles. The van der Waals surface area contributed by atoms with E-state index in [4.69, 9.17) is 5.11 Å². The van der Waals surface area contributed by atoms with Gasteiger partial charge < -0.3 is 10.4 Å². The lowest BCUT2D eigenvalue weighted by Gasteiger charge is -2.21. The van der Waals surface area contributed by atoms with Crippen LogP contribution in [0.1, 0.15) is 37.7 Å². The minimum Gasteiger partial charge on any atom is -0.477 e. The van der Waals surface area contributed by atoms with Crippen molar-refractivity contribution in [3.8, 4) is 0 Å². The zero-order valence-corrected chi connectivity index (χ0v) is 9.90. The van der Waals surface area contributed by atoms with Crippen molar-refractivity contribution in [1.82, 2.24) is 4.98 Å². The van der Waals surface area contributed by atoms with Crippen LogP contribution in [-0.2, 0) is 0 Å². The van der Waals surface area contributed by atoms with Gasteiger partial charge in [0.1, 0.15) is 5.69 Å². The molecule has 0 saturated carbocycles. The molecule has 4 heteroatoms. The van der Waals surface area contributed by atoms with Crippen LogP contribution in [0.5, 0.6) is 0 Å². The molecule has 4 nitrogen and oxygen atoms in total. The highest BCUT2D eigenvalue weighted by atomic mass is 16.4. The Morgan fingerprint density at radius 3 is 2.56 bits per heavy atom. The van der Waals surface area contributed by atoms with Crippen molar-refractivity contribution in [2.24, 2.45) is 5.92 Å². The summed E-state index contributed by atoms with van der Waals surface area (Å²) in [5.41, 5.74) is 0.939. The highest BCUT2D eigenvalue weighted by Gasteiger charge is 2.11.